The summed E-state index contributed by atoms with van der Waals surface area (Å²) in [6.07, 6.45) is 0.432. The summed E-state index contributed by atoms with van der Waals surface area (Å²) in [4.78, 5) is 26.5. The average molecular weight is 252 g/mol. The normalized spacial score (nSPS) is 11.4. The van der Waals surface area contributed by atoms with Gasteiger partial charge < -0.3 is 15.4 Å². The van der Waals surface area contributed by atoms with Crippen molar-refractivity contribution in [2.75, 3.05) is 6.61 Å². The summed E-state index contributed by atoms with van der Waals surface area (Å²) in [5, 5.41) is 11.7. The highest BCUT2D eigenvalue weighted by molar-refractivity contribution is 5.95. The number of amides is 1. The molecular formula is C13H20N2O3. The first kappa shape index (κ1) is 14.4. The third kappa shape index (κ3) is 3.43. The predicted molar refractivity (Wildman–Crippen MR) is 69.8 cm³/mol. The number of aliphatic hydroxyl groups is 1. The fourth-order valence-electron chi connectivity index (χ4n) is 1.85. The molecule has 0 radical (unpaired) electrons. The number of aromatic amines is 1. The molecule has 18 heavy (non-hydrogen) atoms. The lowest BCUT2D eigenvalue weighted by Gasteiger charge is -2.25. The lowest BCUT2D eigenvalue weighted by atomic mass is 10.00. The van der Waals surface area contributed by atoms with Crippen molar-refractivity contribution in [1.29, 1.82) is 0 Å². The van der Waals surface area contributed by atoms with Crippen molar-refractivity contribution in [3.8, 4) is 0 Å². The lowest BCUT2D eigenvalue weighted by molar-refractivity contribution is 0.0897. The van der Waals surface area contributed by atoms with Gasteiger partial charge in [0.15, 0.2) is 0 Å². The zero-order valence-corrected chi connectivity index (χ0v) is 11.3. The number of aryl methyl sites for hydroxylation is 2. The average Bonchev–Trinajstić information content (AvgIpc) is 2.13. The van der Waals surface area contributed by atoms with Gasteiger partial charge >= 0.3 is 0 Å². The zero-order valence-electron chi connectivity index (χ0n) is 11.3. The highest BCUT2D eigenvalue weighted by atomic mass is 16.3. The maximum absolute atomic E-state index is 12.1. The van der Waals surface area contributed by atoms with Crippen LogP contribution in [0.4, 0.5) is 0 Å². The molecule has 1 amide bonds. The smallest absolute Gasteiger partial charge is 0.261 e. The van der Waals surface area contributed by atoms with Crippen LogP contribution in [0.5, 0.6) is 0 Å². The van der Waals surface area contributed by atoms with Gasteiger partial charge in [0.2, 0.25) is 0 Å². The maximum Gasteiger partial charge on any atom is 0.261 e. The van der Waals surface area contributed by atoms with E-state index in [1.165, 1.54) is 0 Å². The summed E-state index contributed by atoms with van der Waals surface area (Å²) < 4.78 is 0. The molecule has 1 rings (SSSR count). The molecule has 5 heteroatoms. The van der Waals surface area contributed by atoms with Crippen molar-refractivity contribution < 1.29 is 9.90 Å². The molecule has 0 saturated carbocycles. The van der Waals surface area contributed by atoms with Gasteiger partial charge in [0.25, 0.3) is 11.5 Å². The first-order valence-corrected chi connectivity index (χ1v) is 5.91. The number of aliphatic hydroxyl groups excluding tert-OH is 1. The van der Waals surface area contributed by atoms with Gasteiger partial charge in [0.1, 0.15) is 5.56 Å². The molecule has 0 aliphatic rings. The van der Waals surface area contributed by atoms with Crippen LogP contribution in [0.25, 0.3) is 0 Å². The summed E-state index contributed by atoms with van der Waals surface area (Å²) in [6, 6.07) is 1.76. The van der Waals surface area contributed by atoms with E-state index in [0.29, 0.717) is 12.0 Å². The quantitative estimate of drug-likeness (QED) is 0.744. The van der Waals surface area contributed by atoms with Gasteiger partial charge in [-0.15, -0.1) is 0 Å². The molecule has 0 spiro atoms. The zero-order chi connectivity index (χ0) is 13.9. The molecule has 3 N–H and O–H groups in total. The molecule has 0 saturated heterocycles. The molecular weight excluding hydrogens is 232 g/mol. The van der Waals surface area contributed by atoms with Crippen molar-refractivity contribution >= 4 is 5.91 Å². The summed E-state index contributed by atoms with van der Waals surface area (Å²) >= 11 is 0. The fourth-order valence-corrected chi connectivity index (χ4v) is 1.85. The van der Waals surface area contributed by atoms with Gasteiger partial charge in [-0.05, 0) is 45.7 Å². The van der Waals surface area contributed by atoms with Crippen molar-refractivity contribution in [3.63, 3.8) is 0 Å². The van der Waals surface area contributed by atoms with Crippen molar-refractivity contribution in [2.45, 2.75) is 39.7 Å². The summed E-state index contributed by atoms with van der Waals surface area (Å²) in [5.41, 5.74) is 0.573. The predicted octanol–water partition coefficient (Wildman–Crippen LogP) is 0.883. The van der Waals surface area contributed by atoms with Crippen molar-refractivity contribution in [3.05, 3.63) is 33.2 Å². The second-order valence-electron chi connectivity index (χ2n) is 5.15. The van der Waals surface area contributed by atoms with Crippen molar-refractivity contribution in [1.82, 2.24) is 10.3 Å². The number of aromatic nitrogens is 1. The minimum atomic E-state index is -0.546. The monoisotopic (exact) mass is 252 g/mol. The van der Waals surface area contributed by atoms with E-state index in [1.807, 2.05) is 0 Å². The van der Waals surface area contributed by atoms with Crippen LogP contribution in [0.3, 0.4) is 0 Å². The lowest BCUT2D eigenvalue weighted by Crippen LogP contribution is -2.45. The Hall–Kier alpha value is -1.62. The molecule has 1 aromatic rings. The Kier molecular flexibility index (Phi) is 4.29. The highest BCUT2D eigenvalue weighted by Gasteiger charge is 2.23. The Morgan fingerprint density at radius 1 is 1.44 bits per heavy atom. The first-order chi connectivity index (χ1) is 8.26. The Balaban J connectivity index is 3.02. The Morgan fingerprint density at radius 3 is 2.56 bits per heavy atom. The molecule has 0 aromatic carbocycles. The van der Waals surface area contributed by atoms with Crippen LogP contribution < -0.4 is 10.9 Å². The molecule has 1 aromatic heterocycles. The number of hydrogen-bond donors (Lipinski definition) is 3. The van der Waals surface area contributed by atoms with E-state index in [1.54, 1.807) is 33.8 Å². The van der Waals surface area contributed by atoms with Gasteiger partial charge in [-0.25, -0.2) is 0 Å². The van der Waals surface area contributed by atoms with E-state index < -0.39 is 11.4 Å². The topological polar surface area (TPSA) is 82.2 Å². The largest absolute Gasteiger partial charge is 0.396 e. The molecule has 0 aliphatic carbocycles. The minimum absolute atomic E-state index is 0.0173. The van der Waals surface area contributed by atoms with E-state index in [0.717, 1.165) is 5.69 Å². The SMILES string of the molecule is Cc1cc(C)c(C(=O)NC(C)(C)CCO)c(=O)[nH]1. The van der Waals surface area contributed by atoms with Crippen molar-refractivity contribution in [2.24, 2.45) is 0 Å². The van der Waals surface area contributed by atoms with Crippen LogP contribution in [-0.4, -0.2) is 28.1 Å². The summed E-state index contributed by atoms with van der Waals surface area (Å²) in [5.74, 6) is -0.410. The van der Waals surface area contributed by atoms with Gasteiger partial charge in [-0.3, -0.25) is 9.59 Å². The maximum atomic E-state index is 12.1. The molecule has 0 atom stereocenters. The number of H-pyrrole nitrogens is 1. The van der Waals surface area contributed by atoms with Crippen LogP contribution in [0, 0.1) is 13.8 Å². The standard InChI is InChI=1S/C13H20N2O3/c1-8-7-9(2)14-11(17)10(8)12(18)15-13(3,4)5-6-16/h7,16H,5-6H2,1-4H3,(H,14,17)(H,15,18). The van der Waals surface area contributed by atoms with Crippen LogP contribution in [0.15, 0.2) is 10.9 Å². The second-order valence-corrected chi connectivity index (χ2v) is 5.15. The van der Waals surface area contributed by atoms with Crippen LogP contribution in [-0.2, 0) is 0 Å². The molecule has 0 bridgehead atoms. The van der Waals surface area contributed by atoms with E-state index in [2.05, 4.69) is 10.3 Å². The Morgan fingerprint density at radius 2 is 2.06 bits per heavy atom. The Bertz CT molecular complexity index is 503. The van der Waals surface area contributed by atoms with E-state index in [-0.39, 0.29) is 17.7 Å². The summed E-state index contributed by atoms with van der Waals surface area (Å²) in [7, 11) is 0. The van der Waals surface area contributed by atoms with Crippen LogP contribution in [0.2, 0.25) is 0 Å². The third-order valence-corrected chi connectivity index (χ3v) is 2.78. The van der Waals surface area contributed by atoms with Gasteiger partial charge in [0.05, 0.1) is 0 Å². The summed E-state index contributed by atoms with van der Waals surface area (Å²) in [6.45, 7) is 7.09. The highest BCUT2D eigenvalue weighted by Crippen LogP contribution is 2.10. The number of hydrogen-bond acceptors (Lipinski definition) is 3. The minimum Gasteiger partial charge on any atom is -0.396 e. The molecule has 100 valence electrons. The number of rotatable bonds is 4. The number of carbonyl (C=O) groups is 1. The number of pyridine rings is 1. The third-order valence-electron chi connectivity index (χ3n) is 2.78. The number of carbonyl (C=O) groups excluding carboxylic acids is 1. The van der Waals surface area contributed by atoms with E-state index in [4.69, 9.17) is 5.11 Å². The first-order valence-electron chi connectivity index (χ1n) is 5.91. The van der Waals surface area contributed by atoms with Gasteiger partial charge in [-0.2, -0.15) is 0 Å². The van der Waals surface area contributed by atoms with Crippen LogP contribution >= 0.6 is 0 Å². The van der Waals surface area contributed by atoms with Gasteiger partial charge in [0, 0.05) is 17.8 Å². The van der Waals surface area contributed by atoms with Crippen LogP contribution in [0.1, 0.15) is 41.9 Å². The van der Waals surface area contributed by atoms with E-state index >= 15 is 0 Å². The molecule has 0 unspecified atom stereocenters. The molecule has 0 aliphatic heterocycles. The molecule has 1 heterocycles. The Labute approximate surface area is 106 Å². The van der Waals surface area contributed by atoms with E-state index in [9.17, 15) is 9.59 Å². The molecule has 0 fully saturated rings. The second kappa shape index (κ2) is 5.35. The number of nitrogens with one attached hydrogen (secondary N) is 2. The van der Waals surface area contributed by atoms with Gasteiger partial charge in [-0.1, -0.05) is 0 Å². The molecule has 5 nitrogen and oxygen atoms in total. The fraction of sp³-hybridized carbons (Fsp3) is 0.538.